The van der Waals surface area contributed by atoms with Crippen molar-refractivity contribution in [1.82, 2.24) is 64.8 Å². The number of carbonyl (C=O) groups excluding carboxylic acids is 2. The van der Waals surface area contributed by atoms with E-state index in [4.69, 9.17) is 29.0 Å². The van der Waals surface area contributed by atoms with Gasteiger partial charge in [0.2, 0.25) is 17.5 Å². The van der Waals surface area contributed by atoms with E-state index in [2.05, 4.69) is 41.0 Å². The first-order valence-corrected chi connectivity index (χ1v) is 21.7. The van der Waals surface area contributed by atoms with E-state index in [0.717, 1.165) is 54.3 Å². The van der Waals surface area contributed by atoms with Gasteiger partial charge in [0.15, 0.2) is 11.5 Å². The molecule has 0 aromatic carbocycles. The Morgan fingerprint density at radius 2 is 1.41 bits per heavy atom. The van der Waals surface area contributed by atoms with Crippen LogP contribution in [0, 0.1) is 6.92 Å². The average molecular weight is 936 g/mol. The molecule has 11 rings (SSSR count). The second-order valence-corrected chi connectivity index (χ2v) is 17.1. The van der Waals surface area contributed by atoms with Gasteiger partial charge in [-0.3, -0.25) is 19.3 Å². The number of halogens is 2. The van der Waals surface area contributed by atoms with Crippen LogP contribution >= 0.6 is 0 Å². The third kappa shape index (κ3) is 7.38. The molecule has 23 heteroatoms. The first-order valence-electron chi connectivity index (χ1n) is 21.7. The molecular weight excluding hydrogens is 897 g/mol. The van der Waals surface area contributed by atoms with Gasteiger partial charge in [-0.2, -0.15) is 5.10 Å². The zero-order valence-corrected chi connectivity index (χ0v) is 36.9. The quantitative estimate of drug-likeness (QED) is 0.132. The maximum atomic E-state index is 15.4. The molecule has 4 N–H and O–H groups in total. The maximum Gasteiger partial charge on any atom is 0.309 e. The number of anilines is 4. The summed E-state index contributed by atoms with van der Waals surface area (Å²) in [5.41, 5.74) is 0.715. The highest BCUT2D eigenvalue weighted by Gasteiger charge is 2.68. The summed E-state index contributed by atoms with van der Waals surface area (Å²) in [6.07, 6.45) is 10.0. The highest BCUT2D eigenvalue weighted by atomic mass is 19.3. The number of nitrogens with one attached hydrogen (secondary N) is 2. The smallest absolute Gasteiger partial charge is 0.309 e. The Hall–Kier alpha value is -8.44. The third-order valence-corrected chi connectivity index (χ3v) is 12.4. The molecule has 0 spiro atoms. The van der Waals surface area contributed by atoms with Crippen molar-refractivity contribution in [2.45, 2.75) is 49.9 Å². The van der Waals surface area contributed by atoms with Crippen LogP contribution < -0.4 is 10.6 Å². The summed E-state index contributed by atoms with van der Waals surface area (Å²) in [6.45, 7) is 1.98. The van der Waals surface area contributed by atoms with Crippen molar-refractivity contribution in [3.8, 4) is 56.7 Å². The molecule has 2 atom stereocenters. The minimum atomic E-state index is -3.91. The Balaban J connectivity index is 1.06. The number of pyridine rings is 3. The Kier molecular flexibility index (Phi) is 10.1. The van der Waals surface area contributed by atoms with Crippen molar-refractivity contribution in [1.29, 1.82) is 0 Å². The van der Waals surface area contributed by atoms with Gasteiger partial charge in [0.25, 0.3) is 17.4 Å². The molecule has 11 heterocycles. The zero-order chi connectivity index (χ0) is 47.8. The molecule has 0 bridgehead atoms. The lowest BCUT2D eigenvalue weighted by molar-refractivity contribution is -0.179. The summed E-state index contributed by atoms with van der Waals surface area (Å²) in [5, 5.41) is 41.8. The van der Waals surface area contributed by atoms with E-state index in [1.54, 1.807) is 74.4 Å². The van der Waals surface area contributed by atoms with Gasteiger partial charge >= 0.3 is 5.92 Å². The van der Waals surface area contributed by atoms with Gasteiger partial charge < -0.3 is 39.7 Å². The minimum absolute atomic E-state index is 0.0418. The summed E-state index contributed by atoms with van der Waals surface area (Å²) in [6, 6.07) is 14.4. The fourth-order valence-electron chi connectivity index (χ4n) is 8.77. The largest absolute Gasteiger partial charge is 0.373 e. The Morgan fingerprint density at radius 3 is 2.14 bits per heavy atom. The summed E-state index contributed by atoms with van der Waals surface area (Å²) < 4.78 is 43.6. The van der Waals surface area contributed by atoms with Crippen LogP contribution in [0.5, 0.6) is 0 Å². The number of aromatic nitrogens is 11. The number of alkyl halides is 2. The molecule has 3 aliphatic rings. The molecular formula is C46H39F2N15O6. The van der Waals surface area contributed by atoms with Crippen molar-refractivity contribution in [3.05, 3.63) is 108 Å². The number of aliphatic hydroxyl groups is 2. The van der Waals surface area contributed by atoms with Crippen LogP contribution in [0.25, 0.3) is 56.7 Å². The second kappa shape index (κ2) is 16.1. The van der Waals surface area contributed by atoms with Crippen LogP contribution in [0.2, 0.25) is 0 Å². The lowest BCUT2D eigenvalue weighted by atomic mass is 9.94. The molecule has 0 saturated carbocycles. The summed E-state index contributed by atoms with van der Waals surface area (Å²) in [7, 11) is 2.74. The van der Waals surface area contributed by atoms with Crippen LogP contribution in [0.3, 0.4) is 0 Å². The van der Waals surface area contributed by atoms with E-state index < -0.39 is 41.2 Å². The summed E-state index contributed by atoms with van der Waals surface area (Å²) >= 11 is 0. The SMILES string of the molecule is Cc1cncc(Nc2nccc(-c3nc(-c4cc(C5(O)CCN(C)C5=O)on4)ccc3-c3cc(-c4cc(C5(O)C(=O)N(C)CC5(F)F)on4)nc(-c4ccnc(Nc5cnn6c5CCC6)n4)c3)n2)c1. The lowest BCUT2D eigenvalue weighted by Gasteiger charge is -2.22. The molecule has 2 amide bonds. The minimum Gasteiger partial charge on any atom is -0.373 e. The Morgan fingerprint density at radius 1 is 0.710 bits per heavy atom. The molecule has 69 heavy (non-hydrogen) atoms. The highest BCUT2D eigenvalue weighted by Crippen LogP contribution is 2.46. The maximum absolute atomic E-state index is 15.4. The van der Waals surface area contributed by atoms with Gasteiger partial charge in [-0.1, -0.05) is 10.3 Å². The molecule has 0 aliphatic carbocycles. The molecule has 348 valence electrons. The second-order valence-electron chi connectivity index (χ2n) is 17.1. The monoisotopic (exact) mass is 935 g/mol. The Labute approximate surface area is 389 Å². The predicted molar refractivity (Wildman–Crippen MR) is 239 cm³/mol. The molecule has 2 unspecified atom stereocenters. The summed E-state index contributed by atoms with van der Waals surface area (Å²) in [4.78, 5) is 60.8. The van der Waals surface area contributed by atoms with E-state index in [1.807, 2.05) is 17.7 Å². The molecule has 2 saturated heterocycles. The number of likely N-dealkylation sites (tertiary alicyclic amines) is 2. The van der Waals surface area contributed by atoms with E-state index in [9.17, 15) is 19.8 Å². The number of hydrogen-bond acceptors (Lipinski definition) is 18. The van der Waals surface area contributed by atoms with Gasteiger partial charge in [0, 0.05) is 69.9 Å². The van der Waals surface area contributed by atoms with Crippen LogP contribution in [-0.4, -0.2) is 120 Å². The van der Waals surface area contributed by atoms with Gasteiger partial charge in [-0.25, -0.2) is 38.7 Å². The standard InChI is InChI=1S/C46H39F2N15O6/c1-24-15-26(21-49-20-24)53-42-50-12-9-30(57-42)39-27(6-7-28(55-39)33-18-37(68-59-33)44(66)10-14-61(2)40(44)64)25-16-31(29-8-11-51-43(56-29)58-35-22-52-63-13-4-5-36(35)63)54-32(17-25)34-19-38(69-60-34)46(67)41(65)62(3)23-45(46,47)48/h6-9,11-12,15-22,66-67H,4-5,10,13-14,23H2,1-3H3,(H,50,53,57)(H,51,56,58). The van der Waals surface area contributed by atoms with E-state index in [-0.39, 0.29) is 58.2 Å². The van der Waals surface area contributed by atoms with Gasteiger partial charge in [-0.05, 0) is 73.4 Å². The average Bonchev–Trinajstić information content (AvgIpc) is 4.22. The molecule has 21 nitrogen and oxygen atoms in total. The highest BCUT2D eigenvalue weighted by molar-refractivity contribution is 5.90. The van der Waals surface area contributed by atoms with Crippen molar-refractivity contribution in [2.75, 3.05) is 37.8 Å². The van der Waals surface area contributed by atoms with Crippen LogP contribution in [0.4, 0.5) is 32.1 Å². The number of amides is 2. The Bertz CT molecular complexity index is 3360. The van der Waals surface area contributed by atoms with E-state index >= 15 is 8.78 Å². The first-order chi connectivity index (χ1) is 33.2. The predicted octanol–water partition coefficient (Wildman–Crippen LogP) is 5.05. The molecule has 0 radical (unpaired) electrons. The number of nitrogens with zero attached hydrogens (tertiary/aromatic N) is 13. The fraction of sp³-hybridized carbons (Fsp3) is 0.261. The van der Waals surface area contributed by atoms with Crippen molar-refractivity contribution in [2.24, 2.45) is 0 Å². The molecule has 2 fully saturated rings. The number of hydrogen-bond donors (Lipinski definition) is 4. The number of carbonyl (C=O) groups is 2. The lowest BCUT2D eigenvalue weighted by Crippen LogP contribution is -2.46. The molecule has 8 aromatic rings. The van der Waals surface area contributed by atoms with Crippen molar-refractivity contribution >= 4 is 35.1 Å². The number of likely N-dealkylation sites (N-methyl/N-ethyl adjacent to an activating group) is 2. The molecule has 3 aliphatic heterocycles. The molecule has 8 aromatic heterocycles. The normalized spacial score (nSPS) is 19.7. The van der Waals surface area contributed by atoms with Gasteiger partial charge in [0.05, 0.1) is 70.2 Å². The first kappa shape index (κ1) is 43.1. The fourth-order valence-corrected chi connectivity index (χ4v) is 8.77. The van der Waals surface area contributed by atoms with E-state index in [0.29, 0.717) is 34.7 Å². The summed E-state index contributed by atoms with van der Waals surface area (Å²) in [5.74, 6) is -6.04. The number of aryl methyl sites for hydroxylation is 2. The number of fused-ring (bicyclic) bond motifs is 1. The van der Waals surface area contributed by atoms with Crippen LogP contribution in [-0.2, 0) is 33.8 Å². The van der Waals surface area contributed by atoms with Crippen LogP contribution in [0.15, 0.2) is 94.6 Å². The van der Waals surface area contributed by atoms with E-state index in [1.165, 1.54) is 11.0 Å². The van der Waals surface area contributed by atoms with Gasteiger partial charge in [-0.15, -0.1) is 0 Å². The topological polar surface area (TPSA) is 265 Å². The number of rotatable bonds is 11. The third-order valence-electron chi connectivity index (χ3n) is 12.4. The zero-order valence-electron chi connectivity index (χ0n) is 36.9. The van der Waals surface area contributed by atoms with Crippen LogP contribution in [0.1, 0.15) is 35.6 Å². The van der Waals surface area contributed by atoms with Crippen molar-refractivity contribution in [3.63, 3.8) is 0 Å². The van der Waals surface area contributed by atoms with Crippen molar-refractivity contribution < 1.29 is 37.6 Å². The van der Waals surface area contributed by atoms with Gasteiger partial charge in [0.1, 0.15) is 11.4 Å².